The number of esters is 1. The van der Waals surface area contributed by atoms with Crippen molar-refractivity contribution < 1.29 is 28.2 Å². The second-order valence-electron chi connectivity index (χ2n) is 5.67. The number of para-hydroxylation sites is 1. The molecule has 0 fully saturated rings. The molecule has 144 valence electrons. The zero-order valence-electron chi connectivity index (χ0n) is 15.2. The van der Waals surface area contributed by atoms with Crippen molar-refractivity contribution in [2.45, 2.75) is 0 Å². The van der Waals surface area contributed by atoms with E-state index >= 15 is 0 Å². The van der Waals surface area contributed by atoms with Crippen molar-refractivity contribution in [2.75, 3.05) is 20.8 Å². The molecule has 0 amide bonds. The number of Topliss-reactive ketones (excluding diaryl/α,β-unsaturated/α-hetero) is 1. The number of carbonyl (C=O) groups excluding carboxylic acids is 2. The molecule has 0 unspecified atom stereocenters. The van der Waals surface area contributed by atoms with Gasteiger partial charge in [0.05, 0.1) is 31.7 Å². The molecule has 1 heterocycles. The summed E-state index contributed by atoms with van der Waals surface area (Å²) >= 11 is 0. The fourth-order valence-corrected chi connectivity index (χ4v) is 2.54. The minimum atomic E-state index is -0.838. The summed E-state index contributed by atoms with van der Waals surface area (Å²) in [6.07, 6.45) is 1.53. The van der Waals surface area contributed by atoms with Crippen molar-refractivity contribution in [1.29, 1.82) is 0 Å². The summed E-state index contributed by atoms with van der Waals surface area (Å²) in [7, 11) is 2.75. The lowest BCUT2D eigenvalue weighted by atomic mass is 10.1. The SMILES string of the molecule is COc1ccc(F)cc1C(=O)COC(=O)c1nn(-c2ccccc2)cc1OC. The monoisotopic (exact) mass is 384 g/mol. The Morgan fingerprint density at radius 3 is 2.43 bits per heavy atom. The van der Waals surface area contributed by atoms with Gasteiger partial charge < -0.3 is 14.2 Å². The third-order valence-corrected chi connectivity index (χ3v) is 3.91. The Hall–Kier alpha value is -3.68. The van der Waals surface area contributed by atoms with Gasteiger partial charge in [0.15, 0.2) is 12.4 Å². The number of aromatic nitrogens is 2. The van der Waals surface area contributed by atoms with Gasteiger partial charge in [0.2, 0.25) is 11.5 Å². The molecule has 0 radical (unpaired) electrons. The number of ether oxygens (including phenoxy) is 3. The molecule has 1 aromatic heterocycles. The number of hydrogen-bond donors (Lipinski definition) is 0. The molecule has 3 aromatic rings. The van der Waals surface area contributed by atoms with Crippen molar-refractivity contribution in [2.24, 2.45) is 0 Å². The molecule has 7 nitrogen and oxygen atoms in total. The molecule has 0 aliphatic rings. The van der Waals surface area contributed by atoms with Gasteiger partial charge >= 0.3 is 5.97 Å². The molecule has 0 aliphatic carbocycles. The first-order chi connectivity index (χ1) is 13.5. The molecule has 0 saturated carbocycles. The van der Waals surface area contributed by atoms with E-state index in [1.807, 2.05) is 18.2 Å². The van der Waals surface area contributed by atoms with E-state index in [1.165, 1.54) is 37.2 Å². The van der Waals surface area contributed by atoms with Crippen LogP contribution >= 0.6 is 0 Å². The number of benzene rings is 2. The second kappa shape index (κ2) is 8.34. The van der Waals surface area contributed by atoms with Crippen molar-refractivity contribution in [3.63, 3.8) is 0 Å². The average molecular weight is 384 g/mol. The summed E-state index contributed by atoms with van der Waals surface area (Å²) in [4.78, 5) is 24.7. The van der Waals surface area contributed by atoms with Crippen molar-refractivity contribution in [1.82, 2.24) is 9.78 Å². The maximum Gasteiger partial charge on any atom is 0.363 e. The van der Waals surface area contributed by atoms with Crippen LogP contribution in [0, 0.1) is 5.82 Å². The van der Waals surface area contributed by atoms with E-state index in [0.717, 1.165) is 11.8 Å². The quantitative estimate of drug-likeness (QED) is 0.460. The highest BCUT2D eigenvalue weighted by Gasteiger charge is 2.22. The molecule has 0 aliphatic heterocycles. The highest BCUT2D eigenvalue weighted by molar-refractivity contribution is 6.01. The number of rotatable bonds is 7. The van der Waals surface area contributed by atoms with Crippen LogP contribution in [0.25, 0.3) is 5.69 Å². The van der Waals surface area contributed by atoms with Gasteiger partial charge in [-0.2, -0.15) is 5.10 Å². The largest absolute Gasteiger partial charge is 0.496 e. The molecule has 0 saturated heterocycles. The van der Waals surface area contributed by atoms with Crippen LogP contribution in [0.5, 0.6) is 11.5 Å². The number of methoxy groups -OCH3 is 2. The minimum Gasteiger partial charge on any atom is -0.496 e. The lowest BCUT2D eigenvalue weighted by molar-refractivity contribution is 0.0464. The summed E-state index contributed by atoms with van der Waals surface area (Å²) < 4.78 is 30.2. The molecular formula is C20H17FN2O5. The van der Waals surface area contributed by atoms with Crippen LogP contribution < -0.4 is 9.47 Å². The third kappa shape index (κ3) is 4.01. The van der Waals surface area contributed by atoms with Gasteiger partial charge in [0.25, 0.3) is 0 Å². The van der Waals surface area contributed by atoms with Crippen LogP contribution in [0.2, 0.25) is 0 Å². The minimum absolute atomic E-state index is 0.0166. The Kier molecular flexibility index (Phi) is 5.69. The van der Waals surface area contributed by atoms with Crippen LogP contribution in [-0.4, -0.2) is 42.4 Å². The van der Waals surface area contributed by atoms with Crippen LogP contribution in [-0.2, 0) is 4.74 Å². The highest BCUT2D eigenvalue weighted by Crippen LogP contribution is 2.22. The highest BCUT2D eigenvalue weighted by atomic mass is 19.1. The van der Waals surface area contributed by atoms with E-state index in [4.69, 9.17) is 14.2 Å². The van der Waals surface area contributed by atoms with Gasteiger partial charge in [-0.1, -0.05) is 18.2 Å². The molecule has 8 heteroatoms. The van der Waals surface area contributed by atoms with Gasteiger partial charge in [0, 0.05) is 0 Å². The zero-order chi connectivity index (χ0) is 20.1. The fraction of sp³-hybridized carbons (Fsp3) is 0.150. The van der Waals surface area contributed by atoms with Gasteiger partial charge in [-0.05, 0) is 30.3 Å². The topological polar surface area (TPSA) is 79.7 Å². The van der Waals surface area contributed by atoms with E-state index in [0.29, 0.717) is 0 Å². The van der Waals surface area contributed by atoms with Gasteiger partial charge in [-0.25, -0.2) is 13.9 Å². The van der Waals surface area contributed by atoms with E-state index in [9.17, 15) is 14.0 Å². The van der Waals surface area contributed by atoms with E-state index in [-0.39, 0.29) is 22.8 Å². The van der Waals surface area contributed by atoms with Crippen molar-refractivity contribution in [3.8, 4) is 17.2 Å². The molecule has 0 spiro atoms. The van der Waals surface area contributed by atoms with Crippen LogP contribution in [0.4, 0.5) is 4.39 Å². The van der Waals surface area contributed by atoms with Gasteiger partial charge in [-0.3, -0.25) is 4.79 Å². The maximum atomic E-state index is 13.4. The molecule has 2 aromatic carbocycles. The molecule has 3 rings (SSSR count). The summed E-state index contributed by atoms with van der Waals surface area (Å²) in [6.45, 7) is -0.597. The Labute approximate surface area is 160 Å². The Balaban J connectivity index is 1.76. The van der Waals surface area contributed by atoms with E-state index in [2.05, 4.69) is 5.10 Å². The first kappa shape index (κ1) is 19.1. The van der Waals surface area contributed by atoms with E-state index in [1.54, 1.807) is 12.1 Å². The average Bonchev–Trinajstić information content (AvgIpc) is 3.17. The molecule has 0 bridgehead atoms. The number of ketones is 1. The number of hydrogen-bond acceptors (Lipinski definition) is 6. The normalized spacial score (nSPS) is 10.4. The van der Waals surface area contributed by atoms with Crippen LogP contribution in [0.15, 0.2) is 54.7 Å². The Morgan fingerprint density at radius 2 is 1.75 bits per heavy atom. The lowest BCUT2D eigenvalue weighted by Crippen LogP contribution is -2.16. The third-order valence-electron chi connectivity index (χ3n) is 3.91. The predicted octanol–water partition coefficient (Wildman–Crippen LogP) is 3.07. The number of carbonyl (C=O) groups is 2. The van der Waals surface area contributed by atoms with Gasteiger partial charge in [-0.15, -0.1) is 0 Å². The van der Waals surface area contributed by atoms with E-state index < -0.39 is 24.2 Å². The van der Waals surface area contributed by atoms with Crippen LogP contribution in [0.1, 0.15) is 20.8 Å². The lowest BCUT2D eigenvalue weighted by Gasteiger charge is -2.08. The molecule has 0 N–H and O–H groups in total. The fourth-order valence-electron chi connectivity index (χ4n) is 2.54. The van der Waals surface area contributed by atoms with Crippen LogP contribution in [0.3, 0.4) is 0 Å². The second-order valence-corrected chi connectivity index (χ2v) is 5.67. The summed E-state index contributed by atoms with van der Waals surface area (Å²) in [5.74, 6) is -1.65. The molecule has 28 heavy (non-hydrogen) atoms. The Bertz CT molecular complexity index is 1000. The summed E-state index contributed by atoms with van der Waals surface area (Å²) in [5, 5.41) is 4.17. The standard InChI is InChI=1S/C20H17FN2O5/c1-26-17-9-8-13(21)10-15(17)16(24)12-28-20(25)19-18(27-2)11-23(22-19)14-6-4-3-5-7-14/h3-11H,12H2,1-2H3. The Morgan fingerprint density at radius 1 is 1.04 bits per heavy atom. The van der Waals surface area contributed by atoms with Crippen molar-refractivity contribution >= 4 is 11.8 Å². The maximum absolute atomic E-state index is 13.4. The smallest absolute Gasteiger partial charge is 0.363 e. The van der Waals surface area contributed by atoms with Crippen molar-refractivity contribution in [3.05, 3.63) is 71.8 Å². The predicted molar refractivity (Wildman–Crippen MR) is 97.7 cm³/mol. The zero-order valence-corrected chi connectivity index (χ0v) is 15.2. The number of halogens is 1. The first-order valence-corrected chi connectivity index (χ1v) is 8.26. The molecule has 0 atom stereocenters. The van der Waals surface area contributed by atoms with Gasteiger partial charge in [0.1, 0.15) is 11.6 Å². The summed E-state index contributed by atoms with van der Waals surface area (Å²) in [6, 6.07) is 12.6. The molecular weight excluding hydrogens is 367 g/mol. The first-order valence-electron chi connectivity index (χ1n) is 8.26. The summed E-state index contributed by atoms with van der Waals surface area (Å²) in [5.41, 5.74) is 0.628. The number of nitrogens with zero attached hydrogens (tertiary/aromatic N) is 2.